The van der Waals surface area contributed by atoms with Crippen molar-refractivity contribution in [2.75, 3.05) is 33.2 Å². The zero-order chi connectivity index (χ0) is 15.8. The number of likely N-dealkylation sites (N-methyl/N-ethyl adjacent to an activating group) is 1. The molecule has 0 N–H and O–H groups in total. The van der Waals surface area contributed by atoms with Crippen LogP contribution >= 0.6 is 0 Å². The lowest BCUT2D eigenvalue weighted by molar-refractivity contribution is 0.0828. The SMILES string of the molecule is Cc1nccc2c1ccn2C1CCC(N2CCN(C)CC2)CC1. The minimum absolute atomic E-state index is 0.665. The molecule has 124 valence electrons. The van der Waals surface area contributed by atoms with E-state index in [4.69, 9.17) is 0 Å². The van der Waals surface area contributed by atoms with Gasteiger partial charge < -0.3 is 9.47 Å². The average Bonchev–Trinajstić information content (AvgIpc) is 3.01. The van der Waals surface area contributed by atoms with E-state index >= 15 is 0 Å². The highest BCUT2D eigenvalue weighted by Gasteiger charge is 2.28. The summed E-state index contributed by atoms with van der Waals surface area (Å²) >= 11 is 0. The van der Waals surface area contributed by atoms with Crippen molar-refractivity contribution >= 4 is 10.9 Å². The maximum absolute atomic E-state index is 4.42. The first-order valence-corrected chi connectivity index (χ1v) is 9.07. The van der Waals surface area contributed by atoms with Gasteiger partial charge in [0, 0.05) is 61.7 Å². The van der Waals surface area contributed by atoms with Crippen LogP contribution < -0.4 is 0 Å². The summed E-state index contributed by atoms with van der Waals surface area (Å²) in [6.07, 6.45) is 9.53. The van der Waals surface area contributed by atoms with Crippen LogP contribution in [0.1, 0.15) is 37.4 Å². The third-order valence-electron chi connectivity index (χ3n) is 5.96. The second kappa shape index (κ2) is 6.25. The summed E-state index contributed by atoms with van der Waals surface area (Å²) in [5.74, 6) is 0. The van der Waals surface area contributed by atoms with Crippen LogP contribution in [0.2, 0.25) is 0 Å². The number of hydrogen-bond acceptors (Lipinski definition) is 3. The molecule has 1 aliphatic heterocycles. The van der Waals surface area contributed by atoms with Crippen LogP contribution in [0.25, 0.3) is 10.9 Å². The molecule has 3 heterocycles. The van der Waals surface area contributed by atoms with Crippen molar-refractivity contribution in [1.82, 2.24) is 19.4 Å². The monoisotopic (exact) mass is 312 g/mol. The third-order valence-corrected chi connectivity index (χ3v) is 5.96. The van der Waals surface area contributed by atoms with Gasteiger partial charge in [0.25, 0.3) is 0 Å². The zero-order valence-electron chi connectivity index (χ0n) is 14.4. The summed E-state index contributed by atoms with van der Waals surface area (Å²) in [6, 6.07) is 5.89. The predicted molar refractivity (Wildman–Crippen MR) is 94.8 cm³/mol. The number of pyridine rings is 1. The Morgan fingerprint density at radius 3 is 2.39 bits per heavy atom. The van der Waals surface area contributed by atoms with E-state index in [-0.39, 0.29) is 0 Å². The van der Waals surface area contributed by atoms with Gasteiger partial charge in [-0.15, -0.1) is 0 Å². The molecule has 4 nitrogen and oxygen atoms in total. The van der Waals surface area contributed by atoms with Crippen LogP contribution in [-0.4, -0.2) is 58.6 Å². The molecule has 0 atom stereocenters. The molecular formula is C19H28N4. The molecule has 0 radical (unpaired) electrons. The summed E-state index contributed by atoms with van der Waals surface area (Å²) < 4.78 is 2.50. The van der Waals surface area contributed by atoms with Crippen molar-refractivity contribution in [3.63, 3.8) is 0 Å². The second-order valence-electron chi connectivity index (χ2n) is 7.35. The third kappa shape index (κ3) is 2.90. The minimum atomic E-state index is 0.665. The minimum Gasteiger partial charge on any atom is -0.344 e. The lowest BCUT2D eigenvalue weighted by Crippen LogP contribution is -2.49. The summed E-state index contributed by atoms with van der Waals surface area (Å²) in [6.45, 7) is 7.08. The summed E-state index contributed by atoms with van der Waals surface area (Å²) in [5, 5.41) is 1.31. The van der Waals surface area contributed by atoms with E-state index in [1.807, 2.05) is 6.20 Å². The maximum atomic E-state index is 4.42. The molecule has 1 saturated heterocycles. The largest absolute Gasteiger partial charge is 0.344 e. The molecule has 0 aromatic carbocycles. The van der Waals surface area contributed by atoms with Gasteiger partial charge in [-0.05, 0) is 51.8 Å². The normalized spacial score (nSPS) is 27.6. The first-order chi connectivity index (χ1) is 11.2. The lowest BCUT2D eigenvalue weighted by atomic mass is 9.89. The molecule has 0 spiro atoms. The molecule has 1 saturated carbocycles. The molecule has 2 aromatic rings. The van der Waals surface area contributed by atoms with Gasteiger partial charge in [0.2, 0.25) is 0 Å². The van der Waals surface area contributed by atoms with E-state index in [2.05, 4.69) is 51.7 Å². The maximum Gasteiger partial charge on any atom is 0.0516 e. The Morgan fingerprint density at radius 1 is 0.957 bits per heavy atom. The van der Waals surface area contributed by atoms with Crippen LogP contribution in [0.4, 0.5) is 0 Å². The molecule has 2 aliphatic rings. The number of piperazine rings is 1. The fraction of sp³-hybridized carbons (Fsp3) is 0.632. The molecule has 2 fully saturated rings. The van der Waals surface area contributed by atoms with Gasteiger partial charge in [-0.2, -0.15) is 0 Å². The molecule has 4 rings (SSSR count). The smallest absolute Gasteiger partial charge is 0.0516 e. The van der Waals surface area contributed by atoms with Crippen molar-refractivity contribution in [3.8, 4) is 0 Å². The van der Waals surface area contributed by atoms with Gasteiger partial charge in [-0.25, -0.2) is 0 Å². The summed E-state index contributed by atoms with van der Waals surface area (Å²) in [5.41, 5.74) is 2.51. The Hall–Kier alpha value is -1.39. The van der Waals surface area contributed by atoms with E-state index < -0.39 is 0 Å². The van der Waals surface area contributed by atoms with Crippen molar-refractivity contribution in [3.05, 3.63) is 30.2 Å². The Bertz CT molecular complexity index is 661. The molecule has 2 aromatic heterocycles. The van der Waals surface area contributed by atoms with Gasteiger partial charge >= 0.3 is 0 Å². The molecule has 0 amide bonds. The fourth-order valence-electron chi connectivity index (χ4n) is 4.44. The molecule has 4 heteroatoms. The Labute approximate surface area is 139 Å². The van der Waals surface area contributed by atoms with Gasteiger partial charge in [0.05, 0.1) is 5.52 Å². The van der Waals surface area contributed by atoms with Crippen molar-refractivity contribution in [2.45, 2.75) is 44.7 Å². The fourth-order valence-corrected chi connectivity index (χ4v) is 4.44. The molecule has 23 heavy (non-hydrogen) atoms. The van der Waals surface area contributed by atoms with Crippen LogP contribution in [-0.2, 0) is 0 Å². The second-order valence-corrected chi connectivity index (χ2v) is 7.35. The van der Waals surface area contributed by atoms with Crippen LogP contribution in [0.5, 0.6) is 0 Å². The number of rotatable bonds is 2. The van der Waals surface area contributed by atoms with Gasteiger partial charge in [-0.1, -0.05) is 0 Å². The highest BCUT2D eigenvalue weighted by Crippen LogP contribution is 2.34. The van der Waals surface area contributed by atoms with Crippen molar-refractivity contribution in [1.29, 1.82) is 0 Å². The van der Waals surface area contributed by atoms with Crippen molar-refractivity contribution < 1.29 is 0 Å². The van der Waals surface area contributed by atoms with Crippen LogP contribution in [0.15, 0.2) is 24.5 Å². The highest BCUT2D eigenvalue weighted by atomic mass is 15.3. The molecular weight excluding hydrogens is 284 g/mol. The molecule has 1 aliphatic carbocycles. The van der Waals surface area contributed by atoms with Gasteiger partial charge in [0.15, 0.2) is 0 Å². The Kier molecular flexibility index (Phi) is 4.12. The highest BCUT2D eigenvalue weighted by molar-refractivity contribution is 5.82. The van der Waals surface area contributed by atoms with E-state index in [9.17, 15) is 0 Å². The lowest BCUT2D eigenvalue weighted by Gasteiger charge is -2.41. The average molecular weight is 312 g/mol. The summed E-state index contributed by atoms with van der Waals surface area (Å²) in [7, 11) is 2.24. The van der Waals surface area contributed by atoms with Gasteiger partial charge in [0.1, 0.15) is 0 Å². The first-order valence-electron chi connectivity index (χ1n) is 9.07. The standard InChI is InChI=1S/C19H28N4/c1-15-18-8-10-23(19(18)7-9-20-15)17-5-3-16(4-6-17)22-13-11-21(2)12-14-22/h7-10,16-17H,3-6,11-14H2,1-2H3. The topological polar surface area (TPSA) is 24.3 Å². The summed E-state index contributed by atoms with van der Waals surface area (Å²) in [4.78, 5) is 9.60. The number of aryl methyl sites for hydroxylation is 1. The van der Waals surface area contributed by atoms with E-state index in [1.54, 1.807) is 0 Å². The molecule has 0 unspecified atom stereocenters. The number of aromatic nitrogens is 2. The van der Waals surface area contributed by atoms with Crippen LogP contribution in [0.3, 0.4) is 0 Å². The first kappa shape index (κ1) is 15.2. The Morgan fingerprint density at radius 2 is 1.65 bits per heavy atom. The van der Waals surface area contributed by atoms with E-state index in [0.29, 0.717) is 6.04 Å². The number of hydrogen-bond donors (Lipinski definition) is 0. The quantitative estimate of drug-likeness (QED) is 0.852. The van der Waals surface area contributed by atoms with E-state index in [1.165, 1.54) is 62.8 Å². The van der Waals surface area contributed by atoms with Crippen LogP contribution in [0, 0.1) is 6.92 Å². The van der Waals surface area contributed by atoms with Gasteiger partial charge in [-0.3, -0.25) is 9.88 Å². The number of nitrogens with zero attached hydrogens (tertiary/aromatic N) is 4. The predicted octanol–water partition coefficient (Wildman–Crippen LogP) is 3.08. The van der Waals surface area contributed by atoms with Crippen molar-refractivity contribution in [2.24, 2.45) is 0 Å². The number of fused-ring (bicyclic) bond motifs is 1. The van der Waals surface area contributed by atoms with E-state index in [0.717, 1.165) is 11.7 Å². The molecule has 0 bridgehead atoms. The zero-order valence-corrected chi connectivity index (χ0v) is 14.4. The Balaban J connectivity index is 1.44.